The summed E-state index contributed by atoms with van der Waals surface area (Å²) in [5.74, 6) is 1.69. The Morgan fingerprint density at radius 1 is 1.06 bits per heavy atom. The minimum atomic E-state index is -0.436. The normalized spacial score (nSPS) is 11.9. The van der Waals surface area contributed by atoms with Crippen LogP contribution in [0.2, 0.25) is 0 Å². The molecular weight excluding hydrogens is 398 g/mol. The van der Waals surface area contributed by atoms with E-state index in [1.165, 1.54) is 0 Å². The molecule has 0 unspecified atom stereocenters. The molecule has 0 bridgehead atoms. The zero-order chi connectivity index (χ0) is 22.2. The van der Waals surface area contributed by atoms with E-state index < -0.39 is 6.04 Å². The van der Waals surface area contributed by atoms with Gasteiger partial charge in [0.05, 0.1) is 20.8 Å². The van der Waals surface area contributed by atoms with Crippen molar-refractivity contribution < 1.29 is 23.5 Å². The van der Waals surface area contributed by atoms with Gasteiger partial charge in [0.2, 0.25) is 17.6 Å². The van der Waals surface area contributed by atoms with Crippen molar-refractivity contribution >= 4 is 5.91 Å². The summed E-state index contributed by atoms with van der Waals surface area (Å²) < 4.78 is 21.6. The van der Waals surface area contributed by atoms with Gasteiger partial charge in [-0.1, -0.05) is 49.3 Å². The second-order valence-corrected chi connectivity index (χ2v) is 7.29. The van der Waals surface area contributed by atoms with Crippen LogP contribution in [0.4, 0.5) is 0 Å². The molecule has 164 valence electrons. The Balaban J connectivity index is 1.65. The summed E-state index contributed by atoms with van der Waals surface area (Å²) in [6.07, 6.45) is 0. The van der Waals surface area contributed by atoms with Gasteiger partial charge in [-0.2, -0.15) is 4.98 Å². The molecule has 0 aliphatic rings. The highest BCUT2D eigenvalue weighted by Gasteiger charge is 2.25. The van der Waals surface area contributed by atoms with Crippen molar-refractivity contribution in [1.29, 1.82) is 0 Å². The van der Waals surface area contributed by atoms with E-state index in [9.17, 15) is 4.79 Å². The number of nitrogens with zero attached hydrogens (tertiary/aromatic N) is 2. The molecule has 0 aliphatic carbocycles. The largest absolute Gasteiger partial charge is 0.493 e. The van der Waals surface area contributed by atoms with E-state index in [1.807, 2.05) is 50.2 Å². The summed E-state index contributed by atoms with van der Waals surface area (Å²) in [5, 5.41) is 6.98. The molecule has 0 saturated heterocycles. The van der Waals surface area contributed by atoms with Crippen LogP contribution in [0.5, 0.6) is 11.5 Å². The van der Waals surface area contributed by atoms with Gasteiger partial charge in [0, 0.05) is 5.56 Å². The van der Waals surface area contributed by atoms with Crippen LogP contribution in [0.1, 0.15) is 31.3 Å². The monoisotopic (exact) mass is 425 g/mol. The molecule has 0 aliphatic heterocycles. The van der Waals surface area contributed by atoms with E-state index in [1.54, 1.807) is 26.4 Å². The van der Waals surface area contributed by atoms with Gasteiger partial charge in [-0.05, 0) is 29.7 Å². The number of ether oxygens (including phenoxy) is 3. The Bertz CT molecular complexity index is 988. The minimum absolute atomic E-state index is 0.0387. The number of carbonyl (C=O) groups excluding carboxylic acids is 1. The zero-order valence-electron chi connectivity index (χ0n) is 18.1. The molecule has 0 radical (unpaired) electrons. The van der Waals surface area contributed by atoms with Gasteiger partial charge >= 0.3 is 0 Å². The highest BCUT2D eigenvalue weighted by atomic mass is 16.5. The molecule has 1 amide bonds. The third-order valence-electron chi connectivity index (χ3n) is 4.68. The number of rotatable bonds is 10. The third-order valence-corrected chi connectivity index (χ3v) is 4.68. The summed E-state index contributed by atoms with van der Waals surface area (Å²) in [5.41, 5.74) is 1.72. The van der Waals surface area contributed by atoms with Gasteiger partial charge in [0.25, 0.3) is 0 Å². The lowest BCUT2D eigenvalue weighted by Crippen LogP contribution is -2.34. The van der Waals surface area contributed by atoms with Crippen LogP contribution < -0.4 is 14.8 Å². The van der Waals surface area contributed by atoms with Gasteiger partial charge in [-0.3, -0.25) is 4.79 Å². The van der Waals surface area contributed by atoms with Crippen LogP contribution in [0.3, 0.4) is 0 Å². The molecule has 1 heterocycles. The predicted molar refractivity (Wildman–Crippen MR) is 115 cm³/mol. The molecule has 1 atom stereocenters. The maximum Gasteiger partial charge on any atom is 0.249 e. The maximum atomic E-state index is 12.4. The maximum absolute atomic E-state index is 12.4. The highest BCUT2D eigenvalue weighted by molar-refractivity contribution is 5.77. The van der Waals surface area contributed by atoms with Crippen LogP contribution in [-0.4, -0.2) is 36.9 Å². The lowest BCUT2D eigenvalue weighted by atomic mass is 10.0. The second-order valence-electron chi connectivity index (χ2n) is 7.29. The van der Waals surface area contributed by atoms with E-state index in [0.29, 0.717) is 35.4 Å². The standard InChI is InChI=1S/C23H27N3O5/c1-15(2)21(24-20(27)14-30-13-16-8-6-5-7-9-16)23-25-22(26-31-23)17-10-11-18(28-3)19(12-17)29-4/h5-12,15,21H,13-14H2,1-4H3,(H,24,27)/t21-/m1/s1. The molecule has 8 nitrogen and oxygen atoms in total. The van der Waals surface area contributed by atoms with Crippen molar-refractivity contribution in [1.82, 2.24) is 15.5 Å². The van der Waals surface area contributed by atoms with Crippen LogP contribution in [0, 0.1) is 5.92 Å². The molecule has 8 heteroatoms. The number of aromatic nitrogens is 2. The number of nitrogens with one attached hydrogen (secondary N) is 1. The fraction of sp³-hybridized carbons (Fsp3) is 0.348. The molecular formula is C23H27N3O5. The van der Waals surface area contributed by atoms with Crippen molar-refractivity contribution in [3.63, 3.8) is 0 Å². The van der Waals surface area contributed by atoms with Crippen molar-refractivity contribution in [2.24, 2.45) is 5.92 Å². The smallest absolute Gasteiger partial charge is 0.249 e. The molecule has 3 rings (SSSR count). The quantitative estimate of drug-likeness (QED) is 0.528. The van der Waals surface area contributed by atoms with E-state index in [4.69, 9.17) is 18.7 Å². The van der Waals surface area contributed by atoms with E-state index in [0.717, 1.165) is 5.56 Å². The Morgan fingerprint density at radius 3 is 2.48 bits per heavy atom. The second kappa shape index (κ2) is 10.6. The molecule has 0 saturated carbocycles. The first-order valence-electron chi connectivity index (χ1n) is 9.98. The zero-order valence-corrected chi connectivity index (χ0v) is 18.1. The fourth-order valence-electron chi connectivity index (χ4n) is 3.02. The van der Waals surface area contributed by atoms with Crippen molar-refractivity contribution in [2.75, 3.05) is 20.8 Å². The average molecular weight is 425 g/mol. The Kier molecular flexibility index (Phi) is 7.61. The predicted octanol–water partition coefficient (Wildman–Crippen LogP) is 3.78. The molecule has 0 spiro atoms. The summed E-state index contributed by atoms with van der Waals surface area (Å²) in [6, 6.07) is 14.6. The first-order valence-corrected chi connectivity index (χ1v) is 9.98. The van der Waals surface area contributed by atoms with E-state index in [-0.39, 0.29) is 18.4 Å². The number of hydrogen-bond acceptors (Lipinski definition) is 7. The highest BCUT2D eigenvalue weighted by Crippen LogP contribution is 2.32. The van der Waals surface area contributed by atoms with Gasteiger partial charge in [0.15, 0.2) is 11.5 Å². The molecule has 3 aromatic rings. The van der Waals surface area contributed by atoms with Crippen molar-refractivity contribution in [3.05, 3.63) is 60.0 Å². The number of amides is 1. The molecule has 31 heavy (non-hydrogen) atoms. The summed E-state index contributed by atoms with van der Waals surface area (Å²) in [6.45, 7) is 4.24. The summed E-state index contributed by atoms with van der Waals surface area (Å²) in [4.78, 5) is 16.9. The topological polar surface area (TPSA) is 95.7 Å². The van der Waals surface area contributed by atoms with Gasteiger partial charge in [-0.25, -0.2) is 0 Å². The number of methoxy groups -OCH3 is 2. The average Bonchev–Trinajstić information content (AvgIpc) is 3.27. The van der Waals surface area contributed by atoms with Gasteiger partial charge in [-0.15, -0.1) is 0 Å². The number of hydrogen-bond donors (Lipinski definition) is 1. The number of benzene rings is 2. The molecule has 0 fully saturated rings. The minimum Gasteiger partial charge on any atom is -0.493 e. The lowest BCUT2D eigenvalue weighted by molar-refractivity contribution is -0.127. The summed E-state index contributed by atoms with van der Waals surface area (Å²) in [7, 11) is 3.14. The van der Waals surface area contributed by atoms with Crippen LogP contribution in [-0.2, 0) is 16.1 Å². The molecule has 1 N–H and O–H groups in total. The van der Waals surface area contributed by atoms with E-state index in [2.05, 4.69) is 15.5 Å². The van der Waals surface area contributed by atoms with Crippen molar-refractivity contribution in [3.8, 4) is 22.9 Å². The Morgan fingerprint density at radius 2 is 1.81 bits per heavy atom. The Hall–Kier alpha value is -3.39. The van der Waals surface area contributed by atoms with Gasteiger partial charge in [0.1, 0.15) is 12.6 Å². The number of carbonyl (C=O) groups is 1. The first kappa shape index (κ1) is 22.3. The first-order chi connectivity index (χ1) is 15.0. The van der Waals surface area contributed by atoms with Crippen LogP contribution >= 0.6 is 0 Å². The van der Waals surface area contributed by atoms with Crippen molar-refractivity contribution in [2.45, 2.75) is 26.5 Å². The fourth-order valence-corrected chi connectivity index (χ4v) is 3.02. The van der Waals surface area contributed by atoms with E-state index >= 15 is 0 Å². The summed E-state index contributed by atoms with van der Waals surface area (Å²) >= 11 is 0. The third kappa shape index (κ3) is 5.82. The Labute approximate surface area is 181 Å². The van der Waals surface area contributed by atoms with Crippen LogP contribution in [0.25, 0.3) is 11.4 Å². The van der Waals surface area contributed by atoms with Gasteiger partial charge < -0.3 is 24.1 Å². The van der Waals surface area contributed by atoms with Crippen LogP contribution in [0.15, 0.2) is 53.1 Å². The lowest BCUT2D eigenvalue weighted by Gasteiger charge is -2.18. The SMILES string of the molecule is COc1ccc(-c2noc([C@H](NC(=O)COCc3ccccc3)C(C)C)n2)cc1OC. The molecule has 1 aromatic heterocycles. The molecule has 2 aromatic carbocycles.